The molecule has 2 atom stereocenters. The van der Waals surface area contributed by atoms with Crippen LogP contribution in [0.5, 0.6) is 5.75 Å². The number of halogens is 1. The molecular formula is C24H25FN4O5. The number of rotatable bonds is 6. The number of nitrogens with zero attached hydrogens (tertiary/aromatic N) is 3. The molecule has 2 fully saturated rings. The first-order valence-corrected chi connectivity index (χ1v) is 11.1. The second-order valence-electron chi connectivity index (χ2n) is 8.52. The average Bonchev–Trinajstić information content (AvgIpc) is 2.83. The number of pyridine rings is 1. The number of hydrogen-bond acceptors (Lipinski definition) is 7. The molecule has 2 heterocycles. The largest absolute Gasteiger partial charge is 0.486 e. The number of ether oxygens (including phenoxy) is 1. The Morgan fingerprint density at radius 2 is 2.03 bits per heavy atom. The van der Waals surface area contributed by atoms with Crippen LogP contribution in [0.25, 0.3) is 11.1 Å². The van der Waals surface area contributed by atoms with E-state index < -0.39 is 30.9 Å². The van der Waals surface area contributed by atoms with Gasteiger partial charge in [-0.3, -0.25) is 9.59 Å². The van der Waals surface area contributed by atoms with Crippen molar-refractivity contribution in [2.45, 2.75) is 37.6 Å². The van der Waals surface area contributed by atoms with Crippen LogP contribution in [0.2, 0.25) is 0 Å². The van der Waals surface area contributed by atoms with Crippen molar-refractivity contribution < 1.29 is 28.9 Å². The van der Waals surface area contributed by atoms with Crippen molar-refractivity contribution in [1.82, 2.24) is 9.88 Å². The first kappa shape index (κ1) is 23.6. The topological polar surface area (TPSA) is 136 Å². The molecular weight excluding hydrogens is 443 g/mol. The molecule has 2 amide bonds. The lowest BCUT2D eigenvalue weighted by Crippen LogP contribution is -2.50. The van der Waals surface area contributed by atoms with Crippen LogP contribution >= 0.6 is 0 Å². The van der Waals surface area contributed by atoms with Crippen molar-refractivity contribution in [3.05, 3.63) is 42.1 Å². The summed E-state index contributed by atoms with van der Waals surface area (Å²) in [5, 5.41) is 30.7. The molecule has 1 aromatic carbocycles. The number of aliphatic hydroxyl groups is 2. The molecule has 10 heteroatoms. The molecule has 0 spiro atoms. The van der Waals surface area contributed by atoms with Crippen LogP contribution < -0.4 is 10.1 Å². The molecule has 2 aromatic rings. The van der Waals surface area contributed by atoms with Gasteiger partial charge in [0.05, 0.1) is 18.2 Å². The van der Waals surface area contributed by atoms with Crippen LogP contribution in [0, 0.1) is 17.2 Å². The van der Waals surface area contributed by atoms with Gasteiger partial charge >= 0.3 is 0 Å². The van der Waals surface area contributed by atoms with Gasteiger partial charge < -0.3 is 25.2 Å². The van der Waals surface area contributed by atoms with E-state index in [0.717, 1.165) is 5.56 Å². The highest BCUT2D eigenvalue weighted by molar-refractivity contribution is 5.92. The van der Waals surface area contributed by atoms with Gasteiger partial charge in [-0.15, -0.1) is 0 Å². The summed E-state index contributed by atoms with van der Waals surface area (Å²) in [6, 6.07) is 10.5. The zero-order chi connectivity index (χ0) is 24.2. The molecule has 0 radical (unpaired) electrons. The Hall–Kier alpha value is -3.55. The zero-order valence-electron chi connectivity index (χ0n) is 18.4. The number of likely N-dealkylation sites (tertiary alicyclic amines) is 1. The van der Waals surface area contributed by atoms with E-state index in [1.807, 2.05) is 0 Å². The monoisotopic (exact) mass is 468 g/mol. The molecule has 2 aliphatic rings. The van der Waals surface area contributed by atoms with Crippen LogP contribution in [0.3, 0.4) is 0 Å². The third kappa shape index (κ3) is 5.16. The third-order valence-corrected chi connectivity index (χ3v) is 6.18. The van der Waals surface area contributed by atoms with E-state index in [1.165, 1.54) is 4.90 Å². The molecule has 4 rings (SSSR count). The predicted molar refractivity (Wildman–Crippen MR) is 119 cm³/mol. The first-order valence-electron chi connectivity index (χ1n) is 11.1. The lowest BCUT2D eigenvalue weighted by Gasteiger charge is -2.34. The van der Waals surface area contributed by atoms with Gasteiger partial charge in [-0.25, -0.2) is 9.37 Å². The van der Waals surface area contributed by atoms with Gasteiger partial charge in [0.1, 0.15) is 30.3 Å². The van der Waals surface area contributed by atoms with Gasteiger partial charge in [0.2, 0.25) is 11.8 Å². The van der Waals surface area contributed by atoms with Crippen LogP contribution in [0.1, 0.15) is 24.8 Å². The maximum Gasteiger partial charge on any atom is 0.248 e. The number of carbonyl (C=O) groups excluding carboxylic acids is 2. The third-order valence-electron chi connectivity index (χ3n) is 6.18. The van der Waals surface area contributed by atoms with E-state index in [0.29, 0.717) is 24.2 Å². The second kappa shape index (κ2) is 10.2. The van der Waals surface area contributed by atoms with E-state index in [9.17, 15) is 24.3 Å². The fraction of sp³-hybridized carbons (Fsp3) is 0.417. The molecule has 1 saturated heterocycles. The summed E-state index contributed by atoms with van der Waals surface area (Å²) in [5.74, 6) is -0.334. The van der Waals surface area contributed by atoms with Crippen LogP contribution in [-0.4, -0.2) is 70.0 Å². The van der Waals surface area contributed by atoms with E-state index in [4.69, 9.17) is 9.84 Å². The zero-order valence-corrected chi connectivity index (χ0v) is 18.4. The molecule has 9 nitrogen and oxygen atoms in total. The number of anilines is 1. The average molecular weight is 468 g/mol. The van der Waals surface area contributed by atoms with Crippen LogP contribution in [0.15, 0.2) is 36.5 Å². The quantitative estimate of drug-likeness (QED) is 0.586. The van der Waals surface area contributed by atoms with Gasteiger partial charge in [0, 0.05) is 25.1 Å². The summed E-state index contributed by atoms with van der Waals surface area (Å²) in [6.07, 6.45) is -0.0169. The smallest absolute Gasteiger partial charge is 0.248 e. The number of carbonyl (C=O) groups is 2. The molecule has 34 heavy (non-hydrogen) atoms. The Bertz CT molecular complexity index is 1110. The number of aromatic nitrogens is 1. The van der Waals surface area contributed by atoms with E-state index >= 15 is 0 Å². The second-order valence-corrected chi connectivity index (χ2v) is 8.52. The number of alkyl halides is 1. The normalized spacial score (nSPS) is 24.0. The summed E-state index contributed by atoms with van der Waals surface area (Å²) in [7, 11) is 0. The first-order chi connectivity index (χ1) is 16.4. The van der Waals surface area contributed by atoms with E-state index in [-0.39, 0.29) is 42.6 Å². The summed E-state index contributed by atoms with van der Waals surface area (Å²) < 4.78 is 20.4. The van der Waals surface area contributed by atoms with Gasteiger partial charge in [0.25, 0.3) is 0 Å². The Labute approximate surface area is 195 Å². The Balaban J connectivity index is 1.45. The van der Waals surface area contributed by atoms with Crippen LogP contribution in [0.4, 0.5) is 10.2 Å². The minimum Gasteiger partial charge on any atom is -0.486 e. The minimum absolute atomic E-state index is 0.171. The van der Waals surface area contributed by atoms with Crippen molar-refractivity contribution >= 4 is 17.6 Å². The number of nitriles is 1. The SMILES string of the molecule is N#Cc1cc(-c2ccnc(NC(=O)C3CC(O)C3)c2)ccc1O[C@H]1CCN(C(=O)CO)C[C@H]1F. The summed E-state index contributed by atoms with van der Waals surface area (Å²) in [6.45, 7) is -0.576. The summed E-state index contributed by atoms with van der Waals surface area (Å²) in [5.41, 5.74) is 1.65. The van der Waals surface area contributed by atoms with Crippen molar-refractivity contribution in [1.29, 1.82) is 5.26 Å². The standard InChI is InChI=1S/C24H25FN4O5/c25-19-12-29(23(32)13-30)6-4-21(19)34-20-2-1-14(7-17(20)11-26)15-3-5-27-22(10-15)28-24(33)16-8-18(31)9-16/h1-3,5,7,10,16,18-19,21,30-31H,4,6,8-9,12-13H2,(H,27,28,33)/t16?,18?,19-,21+/m1/s1. The number of hydrogen-bond donors (Lipinski definition) is 3. The maximum atomic E-state index is 14.6. The molecule has 1 saturated carbocycles. The molecule has 178 valence electrons. The van der Waals surface area contributed by atoms with Crippen molar-refractivity contribution in [2.75, 3.05) is 25.0 Å². The highest BCUT2D eigenvalue weighted by atomic mass is 19.1. The fourth-order valence-corrected chi connectivity index (χ4v) is 4.11. The lowest BCUT2D eigenvalue weighted by molar-refractivity contribution is -0.138. The molecule has 0 bridgehead atoms. The highest BCUT2D eigenvalue weighted by Crippen LogP contribution is 2.31. The highest BCUT2D eigenvalue weighted by Gasteiger charge is 2.34. The number of amides is 2. The molecule has 1 aliphatic carbocycles. The van der Waals surface area contributed by atoms with Gasteiger partial charge in [0.15, 0.2) is 6.17 Å². The summed E-state index contributed by atoms with van der Waals surface area (Å²) >= 11 is 0. The van der Waals surface area contributed by atoms with Gasteiger partial charge in [-0.1, -0.05) is 6.07 Å². The van der Waals surface area contributed by atoms with Crippen molar-refractivity contribution in [3.8, 4) is 22.9 Å². The van der Waals surface area contributed by atoms with Crippen molar-refractivity contribution in [2.24, 2.45) is 5.92 Å². The lowest BCUT2D eigenvalue weighted by atomic mass is 9.82. The number of benzene rings is 1. The predicted octanol–water partition coefficient (Wildman–Crippen LogP) is 1.64. The molecule has 0 unspecified atom stereocenters. The fourth-order valence-electron chi connectivity index (χ4n) is 4.11. The molecule has 3 N–H and O–H groups in total. The molecule has 1 aliphatic heterocycles. The maximum absolute atomic E-state index is 14.6. The van der Waals surface area contributed by atoms with Crippen LogP contribution in [-0.2, 0) is 9.59 Å². The number of nitrogens with one attached hydrogen (secondary N) is 1. The van der Waals surface area contributed by atoms with Gasteiger partial charge in [-0.2, -0.15) is 5.26 Å². The Kier molecular flexibility index (Phi) is 7.05. The Morgan fingerprint density at radius 1 is 1.26 bits per heavy atom. The van der Waals surface area contributed by atoms with E-state index in [2.05, 4.69) is 16.4 Å². The number of piperidine rings is 1. The van der Waals surface area contributed by atoms with Gasteiger partial charge in [-0.05, 0) is 48.2 Å². The van der Waals surface area contributed by atoms with Crippen molar-refractivity contribution in [3.63, 3.8) is 0 Å². The molecule has 1 aromatic heterocycles. The van der Waals surface area contributed by atoms with E-state index in [1.54, 1.807) is 36.5 Å². The number of aliphatic hydroxyl groups excluding tert-OH is 2. The Morgan fingerprint density at radius 3 is 2.71 bits per heavy atom. The summed E-state index contributed by atoms with van der Waals surface area (Å²) in [4.78, 5) is 29.2. The minimum atomic E-state index is -1.45.